The van der Waals surface area contributed by atoms with Crippen molar-refractivity contribution in [3.63, 3.8) is 0 Å². The van der Waals surface area contributed by atoms with Gasteiger partial charge in [0.2, 0.25) is 5.91 Å². The molecule has 0 aliphatic carbocycles. The van der Waals surface area contributed by atoms with Gasteiger partial charge in [-0.15, -0.1) is 0 Å². The van der Waals surface area contributed by atoms with Gasteiger partial charge < -0.3 is 15.0 Å². The number of benzene rings is 1. The molecule has 1 aliphatic heterocycles. The van der Waals surface area contributed by atoms with Crippen LogP contribution in [0.4, 0.5) is 8.78 Å². The van der Waals surface area contributed by atoms with Crippen molar-refractivity contribution in [1.29, 1.82) is 0 Å². The Kier molecular flexibility index (Phi) is 7.68. The zero-order chi connectivity index (χ0) is 17.2. The molecular weight excluding hydrogens is 314 g/mol. The van der Waals surface area contributed by atoms with Crippen LogP contribution in [-0.2, 0) is 4.79 Å². The quantitative estimate of drug-likeness (QED) is 0.584. The average molecular weight is 338 g/mol. The second-order valence-electron chi connectivity index (χ2n) is 5.80. The SMILES string of the molecule is O=C(/C=C/c1ccccc1OC(F)F)NCCCN1CCCCC1. The summed E-state index contributed by atoms with van der Waals surface area (Å²) in [5, 5.41) is 2.81. The van der Waals surface area contributed by atoms with E-state index in [-0.39, 0.29) is 11.7 Å². The molecule has 1 saturated heterocycles. The third-order valence-electron chi connectivity index (χ3n) is 3.95. The van der Waals surface area contributed by atoms with E-state index in [9.17, 15) is 13.6 Å². The van der Waals surface area contributed by atoms with Gasteiger partial charge in [-0.05, 0) is 51.0 Å². The lowest BCUT2D eigenvalue weighted by molar-refractivity contribution is -0.116. The molecule has 1 aromatic rings. The predicted molar refractivity (Wildman–Crippen MR) is 90.0 cm³/mol. The highest BCUT2D eigenvalue weighted by Gasteiger charge is 2.09. The molecule has 6 heteroatoms. The minimum atomic E-state index is -2.89. The van der Waals surface area contributed by atoms with Crippen molar-refractivity contribution in [2.75, 3.05) is 26.2 Å². The fourth-order valence-corrected chi connectivity index (χ4v) is 2.74. The van der Waals surface area contributed by atoms with E-state index in [4.69, 9.17) is 0 Å². The number of ether oxygens (including phenoxy) is 1. The molecule has 1 amide bonds. The Labute approximate surface area is 141 Å². The van der Waals surface area contributed by atoms with Crippen LogP contribution < -0.4 is 10.1 Å². The standard InChI is InChI=1S/C18H24F2N2O2/c19-18(20)24-16-8-3-2-7-15(16)9-10-17(23)21-11-6-14-22-12-4-1-5-13-22/h2-3,7-10,18H,1,4-6,11-14H2,(H,21,23)/b10-9+. The van der Waals surface area contributed by atoms with Gasteiger partial charge in [0.1, 0.15) is 5.75 Å². The van der Waals surface area contributed by atoms with Crippen molar-refractivity contribution in [3.8, 4) is 5.75 Å². The maximum atomic E-state index is 12.3. The molecule has 0 radical (unpaired) electrons. The fourth-order valence-electron chi connectivity index (χ4n) is 2.74. The van der Waals surface area contributed by atoms with Crippen LogP contribution in [0.5, 0.6) is 5.75 Å². The van der Waals surface area contributed by atoms with E-state index in [1.807, 2.05) is 0 Å². The molecule has 1 N–H and O–H groups in total. The van der Waals surface area contributed by atoms with Crippen LogP contribution >= 0.6 is 0 Å². The van der Waals surface area contributed by atoms with Crippen molar-refractivity contribution in [2.45, 2.75) is 32.3 Å². The van der Waals surface area contributed by atoms with Gasteiger partial charge >= 0.3 is 6.61 Å². The number of halogens is 2. The number of nitrogens with one attached hydrogen (secondary N) is 1. The Balaban J connectivity index is 1.72. The van der Waals surface area contributed by atoms with Crippen LogP contribution in [0.3, 0.4) is 0 Å². The van der Waals surface area contributed by atoms with Gasteiger partial charge in [-0.1, -0.05) is 24.6 Å². The fraction of sp³-hybridized carbons (Fsp3) is 0.500. The molecule has 0 bridgehead atoms. The van der Waals surface area contributed by atoms with Crippen LogP contribution in [0.2, 0.25) is 0 Å². The summed E-state index contributed by atoms with van der Waals surface area (Å²) in [7, 11) is 0. The maximum absolute atomic E-state index is 12.3. The Bertz CT molecular complexity index is 544. The van der Waals surface area contributed by atoms with Gasteiger partial charge in [0.25, 0.3) is 0 Å². The molecular formula is C18H24F2N2O2. The normalized spacial score (nSPS) is 15.8. The van der Waals surface area contributed by atoms with Crippen molar-refractivity contribution < 1.29 is 18.3 Å². The second-order valence-corrected chi connectivity index (χ2v) is 5.80. The summed E-state index contributed by atoms with van der Waals surface area (Å²) >= 11 is 0. The van der Waals surface area contributed by atoms with Gasteiger partial charge in [-0.3, -0.25) is 4.79 Å². The zero-order valence-corrected chi connectivity index (χ0v) is 13.7. The summed E-state index contributed by atoms with van der Waals surface area (Å²) in [6.45, 7) is 1.01. The number of nitrogens with zero attached hydrogens (tertiary/aromatic N) is 1. The summed E-state index contributed by atoms with van der Waals surface area (Å²) in [5.74, 6) is -0.179. The minimum absolute atomic E-state index is 0.0571. The first-order valence-electron chi connectivity index (χ1n) is 8.37. The molecule has 24 heavy (non-hydrogen) atoms. The average Bonchev–Trinajstić information content (AvgIpc) is 2.58. The molecule has 4 nitrogen and oxygen atoms in total. The lowest BCUT2D eigenvalue weighted by Crippen LogP contribution is -2.33. The molecule has 0 aromatic heterocycles. The summed E-state index contributed by atoms with van der Waals surface area (Å²) in [6, 6.07) is 6.38. The monoisotopic (exact) mass is 338 g/mol. The largest absolute Gasteiger partial charge is 0.434 e. The molecule has 0 saturated carbocycles. The number of piperidine rings is 1. The molecule has 132 valence electrons. The lowest BCUT2D eigenvalue weighted by Gasteiger charge is -2.26. The second kappa shape index (κ2) is 10.0. The first kappa shape index (κ1) is 18.4. The van der Waals surface area contributed by atoms with Crippen LogP contribution in [0.25, 0.3) is 6.08 Å². The number of hydrogen-bond donors (Lipinski definition) is 1. The summed E-state index contributed by atoms with van der Waals surface area (Å²) < 4.78 is 29.1. The van der Waals surface area contributed by atoms with Crippen molar-refractivity contribution in [2.24, 2.45) is 0 Å². The Hall–Kier alpha value is -1.95. The molecule has 0 atom stereocenters. The molecule has 0 unspecified atom stereocenters. The third-order valence-corrected chi connectivity index (χ3v) is 3.95. The number of carbonyl (C=O) groups is 1. The first-order valence-corrected chi connectivity index (χ1v) is 8.37. The Morgan fingerprint density at radius 1 is 1.25 bits per heavy atom. The van der Waals surface area contributed by atoms with E-state index in [1.165, 1.54) is 37.5 Å². The first-order chi connectivity index (χ1) is 11.6. The molecule has 0 spiro atoms. The van der Waals surface area contributed by atoms with Crippen LogP contribution in [-0.4, -0.2) is 43.6 Å². The number of amides is 1. The smallest absolute Gasteiger partial charge is 0.387 e. The van der Waals surface area contributed by atoms with Gasteiger partial charge in [0.05, 0.1) is 0 Å². The molecule has 1 fully saturated rings. The van der Waals surface area contributed by atoms with Gasteiger partial charge in [-0.2, -0.15) is 8.78 Å². The molecule has 1 aliphatic rings. The predicted octanol–water partition coefficient (Wildman–Crippen LogP) is 3.29. The molecule has 2 rings (SSSR count). The van der Waals surface area contributed by atoms with E-state index in [0.717, 1.165) is 26.1 Å². The van der Waals surface area contributed by atoms with Crippen LogP contribution in [0.15, 0.2) is 30.3 Å². The Morgan fingerprint density at radius 3 is 2.75 bits per heavy atom. The van der Waals surface area contributed by atoms with E-state index in [1.54, 1.807) is 18.2 Å². The highest BCUT2D eigenvalue weighted by atomic mass is 19.3. The number of rotatable bonds is 8. The molecule has 1 aromatic carbocycles. The lowest BCUT2D eigenvalue weighted by atomic mass is 10.1. The highest BCUT2D eigenvalue weighted by molar-refractivity contribution is 5.92. The maximum Gasteiger partial charge on any atom is 0.387 e. The highest BCUT2D eigenvalue weighted by Crippen LogP contribution is 2.21. The summed E-state index contributed by atoms with van der Waals surface area (Å²) in [4.78, 5) is 14.2. The summed E-state index contributed by atoms with van der Waals surface area (Å²) in [6.07, 6.45) is 7.57. The number of hydrogen-bond acceptors (Lipinski definition) is 3. The summed E-state index contributed by atoms with van der Waals surface area (Å²) in [5.41, 5.74) is 0.446. The van der Waals surface area contributed by atoms with Crippen molar-refractivity contribution in [1.82, 2.24) is 10.2 Å². The van der Waals surface area contributed by atoms with Gasteiger partial charge in [-0.25, -0.2) is 0 Å². The van der Waals surface area contributed by atoms with Gasteiger partial charge in [0, 0.05) is 18.2 Å². The minimum Gasteiger partial charge on any atom is -0.434 e. The Morgan fingerprint density at radius 2 is 2.00 bits per heavy atom. The third kappa shape index (κ3) is 6.66. The van der Waals surface area contributed by atoms with E-state index >= 15 is 0 Å². The van der Waals surface area contributed by atoms with Gasteiger partial charge in [0.15, 0.2) is 0 Å². The number of likely N-dealkylation sites (tertiary alicyclic amines) is 1. The van der Waals surface area contributed by atoms with E-state index < -0.39 is 6.61 Å². The number of carbonyl (C=O) groups excluding carboxylic acids is 1. The van der Waals surface area contributed by atoms with Crippen molar-refractivity contribution in [3.05, 3.63) is 35.9 Å². The number of alkyl halides is 2. The van der Waals surface area contributed by atoms with Crippen molar-refractivity contribution >= 4 is 12.0 Å². The van der Waals surface area contributed by atoms with Crippen LogP contribution in [0.1, 0.15) is 31.2 Å². The van der Waals surface area contributed by atoms with E-state index in [2.05, 4.69) is 15.0 Å². The van der Waals surface area contributed by atoms with Crippen LogP contribution in [0, 0.1) is 0 Å². The topological polar surface area (TPSA) is 41.6 Å². The molecule has 1 heterocycles. The zero-order valence-electron chi connectivity index (χ0n) is 13.7. The van der Waals surface area contributed by atoms with E-state index in [0.29, 0.717) is 12.1 Å². The number of para-hydroxylation sites is 1.